The molecule has 0 aliphatic heterocycles. The van der Waals surface area contributed by atoms with Gasteiger partial charge >= 0.3 is 0 Å². The molecule has 4 aromatic rings. The van der Waals surface area contributed by atoms with Crippen LogP contribution in [0.1, 0.15) is 6.92 Å². The van der Waals surface area contributed by atoms with Crippen LogP contribution in [0.2, 0.25) is 0 Å². The third-order valence-electron chi connectivity index (χ3n) is 4.83. The van der Waals surface area contributed by atoms with E-state index >= 15 is 0 Å². The molecule has 4 rings (SSSR count). The summed E-state index contributed by atoms with van der Waals surface area (Å²) < 4.78 is 34.4. The number of nitrogens with one attached hydrogen (secondary N) is 1. The van der Waals surface area contributed by atoms with Gasteiger partial charge in [-0.3, -0.25) is 9.36 Å². The van der Waals surface area contributed by atoms with Gasteiger partial charge < -0.3 is 10.1 Å². The van der Waals surface area contributed by atoms with Gasteiger partial charge in [-0.2, -0.15) is 0 Å². The second kappa shape index (κ2) is 9.83. The van der Waals surface area contributed by atoms with Gasteiger partial charge in [-0.15, -0.1) is 10.2 Å². The van der Waals surface area contributed by atoms with Crippen LogP contribution in [0.15, 0.2) is 78.0 Å². The molecular weight excluding hydrogens is 446 g/mol. The molecule has 6 nitrogen and oxygen atoms in total. The zero-order valence-electron chi connectivity index (χ0n) is 17.8. The quantitative estimate of drug-likeness (QED) is 0.373. The Balaban J connectivity index is 1.63. The van der Waals surface area contributed by atoms with Gasteiger partial charge in [0.05, 0.1) is 18.0 Å². The van der Waals surface area contributed by atoms with Crippen LogP contribution in [0.25, 0.3) is 17.1 Å². The second-order valence-electron chi connectivity index (χ2n) is 7.08. The molecule has 0 saturated heterocycles. The molecule has 1 atom stereocenters. The molecule has 1 unspecified atom stereocenters. The zero-order valence-corrected chi connectivity index (χ0v) is 18.6. The first-order valence-corrected chi connectivity index (χ1v) is 10.9. The Kier molecular flexibility index (Phi) is 6.69. The number of hydrogen-bond acceptors (Lipinski definition) is 5. The number of methoxy groups -OCH3 is 1. The van der Waals surface area contributed by atoms with Gasteiger partial charge in [0.2, 0.25) is 5.91 Å². The molecule has 1 N–H and O–H groups in total. The molecule has 33 heavy (non-hydrogen) atoms. The van der Waals surface area contributed by atoms with Crippen LogP contribution in [0.5, 0.6) is 5.75 Å². The van der Waals surface area contributed by atoms with E-state index in [-0.39, 0.29) is 5.69 Å². The van der Waals surface area contributed by atoms with Gasteiger partial charge in [-0.25, -0.2) is 8.78 Å². The van der Waals surface area contributed by atoms with E-state index in [4.69, 9.17) is 4.74 Å². The number of ether oxygens (including phenoxy) is 1. The van der Waals surface area contributed by atoms with Gasteiger partial charge in [0.1, 0.15) is 17.4 Å². The van der Waals surface area contributed by atoms with Crippen molar-refractivity contribution in [3.8, 4) is 22.8 Å². The number of anilines is 1. The summed E-state index contributed by atoms with van der Waals surface area (Å²) in [5.41, 5.74) is 1.42. The van der Waals surface area contributed by atoms with E-state index in [1.807, 2.05) is 59.2 Å². The van der Waals surface area contributed by atoms with E-state index in [0.29, 0.717) is 16.7 Å². The summed E-state index contributed by atoms with van der Waals surface area (Å²) in [7, 11) is 1.60. The minimum Gasteiger partial charge on any atom is -0.497 e. The van der Waals surface area contributed by atoms with Crippen LogP contribution < -0.4 is 10.1 Å². The third kappa shape index (κ3) is 5.04. The molecular formula is C24H20F2N4O2S. The molecule has 1 aromatic heterocycles. The number of nitrogens with zero attached hydrogens (tertiary/aromatic N) is 3. The first-order valence-electron chi connectivity index (χ1n) is 10.0. The average Bonchev–Trinajstić information content (AvgIpc) is 3.25. The highest BCUT2D eigenvalue weighted by atomic mass is 32.2. The number of carbonyl (C=O) groups excluding carboxylic acids is 1. The summed E-state index contributed by atoms with van der Waals surface area (Å²) in [5.74, 6) is -0.529. The summed E-state index contributed by atoms with van der Waals surface area (Å²) in [6, 6.07) is 19.8. The van der Waals surface area contributed by atoms with E-state index in [0.717, 1.165) is 41.2 Å². The van der Waals surface area contributed by atoms with Gasteiger partial charge in [0, 0.05) is 17.3 Å². The van der Waals surface area contributed by atoms with Crippen molar-refractivity contribution in [2.75, 3.05) is 12.4 Å². The van der Waals surface area contributed by atoms with Crippen LogP contribution in [0.3, 0.4) is 0 Å². The summed E-state index contributed by atoms with van der Waals surface area (Å²) in [6.07, 6.45) is 0. The predicted molar refractivity (Wildman–Crippen MR) is 124 cm³/mol. The molecule has 1 amide bonds. The fourth-order valence-corrected chi connectivity index (χ4v) is 3.99. The molecule has 9 heteroatoms. The van der Waals surface area contributed by atoms with Gasteiger partial charge in [-0.05, 0) is 55.5 Å². The first-order chi connectivity index (χ1) is 16.0. The highest BCUT2D eigenvalue weighted by Gasteiger charge is 2.22. The molecule has 168 valence electrons. The number of carbonyl (C=O) groups is 1. The minimum absolute atomic E-state index is 0.212. The normalized spacial score (nSPS) is 11.8. The zero-order chi connectivity index (χ0) is 23.4. The number of thioether (sulfide) groups is 1. The lowest BCUT2D eigenvalue weighted by Crippen LogP contribution is -2.23. The summed E-state index contributed by atoms with van der Waals surface area (Å²) in [4.78, 5) is 12.7. The molecule has 0 aliphatic rings. The Morgan fingerprint density at radius 3 is 2.45 bits per heavy atom. The number of amides is 1. The fraction of sp³-hybridized carbons (Fsp3) is 0.125. The Morgan fingerprint density at radius 2 is 1.76 bits per heavy atom. The SMILES string of the molecule is COc1ccc(-c2nnc(SC(C)C(=O)Nc3cc(F)ccc3F)n2-c2ccccc2)cc1. The Hall–Kier alpha value is -3.72. The summed E-state index contributed by atoms with van der Waals surface area (Å²) in [6.45, 7) is 1.66. The standard InChI is InChI=1S/C24H20F2N4O2S/c1-15(23(31)27-21-14-17(25)10-13-20(21)26)33-24-29-28-22(16-8-11-19(32-2)12-9-16)30(24)18-6-4-3-5-7-18/h3-15H,1-2H3,(H,27,31). The van der Waals surface area contributed by atoms with Crippen molar-refractivity contribution < 1.29 is 18.3 Å². The molecule has 0 saturated carbocycles. The van der Waals surface area contributed by atoms with Crippen molar-refractivity contribution in [1.82, 2.24) is 14.8 Å². The smallest absolute Gasteiger partial charge is 0.237 e. The molecule has 3 aromatic carbocycles. The lowest BCUT2D eigenvalue weighted by Gasteiger charge is -2.14. The van der Waals surface area contributed by atoms with E-state index in [2.05, 4.69) is 15.5 Å². The lowest BCUT2D eigenvalue weighted by atomic mass is 10.2. The maximum atomic E-state index is 13.9. The number of para-hydroxylation sites is 1. The average molecular weight is 467 g/mol. The van der Waals surface area contributed by atoms with Crippen molar-refractivity contribution >= 4 is 23.4 Å². The van der Waals surface area contributed by atoms with Crippen molar-refractivity contribution in [2.24, 2.45) is 0 Å². The van der Waals surface area contributed by atoms with Crippen LogP contribution in [-0.4, -0.2) is 33.0 Å². The van der Waals surface area contributed by atoms with E-state index in [1.54, 1.807) is 14.0 Å². The molecule has 0 aliphatic carbocycles. The predicted octanol–water partition coefficient (Wildman–Crippen LogP) is 5.34. The second-order valence-corrected chi connectivity index (χ2v) is 8.39. The molecule has 0 bridgehead atoms. The maximum Gasteiger partial charge on any atom is 0.237 e. The van der Waals surface area contributed by atoms with Gasteiger partial charge in [0.15, 0.2) is 11.0 Å². The highest BCUT2D eigenvalue weighted by molar-refractivity contribution is 8.00. The molecule has 0 fully saturated rings. The minimum atomic E-state index is -0.712. The topological polar surface area (TPSA) is 69.0 Å². The van der Waals surface area contributed by atoms with E-state index < -0.39 is 22.8 Å². The third-order valence-corrected chi connectivity index (χ3v) is 5.88. The van der Waals surface area contributed by atoms with Crippen molar-refractivity contribution in [1.29, 1.82) is 0 Å². The Morgan fingerprint density at radius 1 is 1.03 bits per heavy atom. The summed E-state index contributed by atoms with van der Waals surface area (Å²) >= 11 is 1.16. The van der Waals surface area contributed by atoms with Crippen molar-refractivity contribution in [3.63, 3.8) is 0 Å². The Labute approximate surface area is 193 Å². The number of benzene rings is 3. The van der Waals surface area contributed by atoms with Crippen LogP contribution in [0, 0.1) is 11.6 Å². The van der Waals surface area contributed by atoms with Gasteiger partial charge in [0.25, 0.3) is 0 Å². The Bertz CT molecular complexity index is 1260. The number of hydrogen-bond donors (Lipinski definition) is 1. The largest absolute Gasteiger partial charge is 0.497 e. The van der Waals surface area contributed by atoms with Crippen LogP contribution in [-0.2, 0) is 4.79 Å². The van der Waals surface area contributed by atoms with Crippen LogP contribution >= 0.6 is 11.8 Å². The van der Waals surface area contributed by atoms with Crippen LogP contribution in [0.4, 0.5) is 14.5 Å². The van der Waals surface area contributed by atoms with Crippen molar-refractivity contribution in [3.05, 3.63) is 84.4 Å². The number of rotatable bonds is 7. The van der Waals surface area contributed by atoms with Crippen molar-refractivity contribution in [2.45, 2.75) is 17.3 Å². The molecule has 0 radical (unpaired) electrons. The number of halogens is 2. The van der Waals surface area contributed by atoms with E-state index in [9.17, 15) is 13.6 Å². The van der Waals surface area contributed by atoms with Gasteiger partial charge in [-0.1, -0.05) is 30.0 Å². The molecule has 0 spiro atoms. The highest BCUT2D eigenvalue weighted by Crippen LogP contribution is 2.31. The fourth-order valence-electron chi connectivity index (χ4n) is 3.12. The first kappa shape index (κ1) is 22.5. The molecule has 1 heterocycles. The van der Waals surface area contributed by atoms with E-state index in [1.165, 1.54) is 0 Å². The lowest BCUT2D eigenvalue weighted by molar-refractivity contribution is -0.115. The summed E-state index contributed by atoms with van der Waals surface area (Å²) in [5, 5.41) is 10.9. The monoisotopic (exact) mass is 466 g/mol. The maximum absolute atomic E-state index is 13.9. The number of aromatic nitrogens is 3.